The third kappa shape index (κ3) is 4.20. The zero-order chi connectivity index (χ0) is 17.5. The lowest BCUT2D eigenvalue weighted by Crippen LogP contribution is -2.44. The van der Waals surface area contributed by atoms with Crippen molar-refractivity contribution >= 4 is 12.0 Å². The van der Waals surface area contributed by atoms with Crippen LogP contribution in [-0.4, -0.2) is 57.9 Å². The molecule has 0 radical (unpaired) electrons. The number of carbonyl (C=O) groups excluding carboxylic acids is 1. The zero-order valence-electron chi connectivity index (χ0n) is 14.7. The van der Waals surface area contributed by atoms with Crippen molar-refractivity contribution in [1.82, 2.24) is 4.90 Å². The molecule has 1 saturated heterocycles. The lowest BCUT2D eigenvalue weighted by molar-refractivity contribution is -0.133. The van der Waals surface area contributed by atoms with Crippen molar-refractivity contribution in [2.45, 2.75) is 19.4 Å². The maximum atomic E-state index is 12.4. The molecule has 1 aromatic rings. The number of hydrogen-bond acceptors (Lipinski definition) is 5. The number of hydrogen-bond donors (Lipinski definition) is 0. The molecule has 1 amide bonds. The number of benzene rings is 1. The fourth-order valence-electron chi connectivity index (χ4n) is 2.64. The molecule has 0 aromatic heterocycles. The summed E-state index contributed by atoms with van der Waals surface area (Å²) in [7, 11) is 4.69. The van der Waals surface area contributed by atoms with Crippen molar-refractivity contribution in [2.75, 3.05) is 41.0 Å². The fraction of sp³-hybridized carbons (Fsp3) is 0.500. The van der Waals surface area contributed by atoms with Crippen LogP contribution in [0.3, 0.4) is 0 Å². The number of carbonyl (C=O) groups is 1. The van der Waals surface area contributed by atoms with Crippen molar-refractivity contribution in [3.63, 3.8) is 0 Å². The van der Waals surface area contributed by atoms with Gasteiger partial charge in [-0.1, -0.05) is 6.92 Å². The smallest absolute Gasteiger partial charge is 0.246 e. The Morgan fingerprint density at radius 1 is 1.25 bits per heavy atom. The number of methoxy groups -OCH3 is 3. The lowest BCUT2D eigenvalue weighted by Gasteiger charge is -2.31. The predicted octanol–water partition coefficient (Wildman–Crippen LogP) is 2.36. The van der Waals surface area contributed by atoms with Gasteiger partial charge in [-0.15, -0.1) is 0 Å². The maximum absolute atomic E-state index is 12.4. The van der Waals surface area contributed by atoms with Crippen LogP contribution in [0.15, 0.2) is 18.2 Å². The summed E-state index contributed by atoms with van der Waals surface area (Å²) < 4.78 is 21.5. The van der Waals surface area contributed by atoms with Crippen molar-refractivity contribution in [2.24, 2.45) is 0 Å². The van der Waals surface area contributed by atoms with Gasteiger partial charge in [0.15, 0.2) is 11.5 Å². The highest BCUT2D eigenvalue weighted by atomic mass is 16.5. The molecule has 1 unspecified atom stereocenters. The topological polar surface area (TPSA) is 57.2 Å². The van der Waals surface area contributed by atoms with Gasteiger partial charge in [-0.05, 0) is 30.2 Å². The van der Waals surface area contributed by atoms with Crippen LogP contribution in [0, 0.1) is 0 Å². The SMILES string of the molecule is CCC1CN(C(=O)C=Cc2cc(OC)c(OC)c(OC)c2)CCO1. The first-order chi connectivity index (χ1) is 11.6. The van der Waals surface area contributed by atoms with E-state index in [1.54, 1.807) is 45.6 Å². The second-order valence-corrected chi connectivity index (χ2v) is 5.48. The number of morpholine rings is 1. The van der Waals surface area contributed by atoms with E-state index in [9.17, 15) is 4.79 Å². The highest BCUT2D eigenvalue weighted by Gasteiger charge is 2.21. The van der Waals surface area contributed by atoms with Gasteiger partial charge in [0.05, 0.1) is 34.0 Å². The molecule has 2 rings (SSSR count). The Hall–Kier alpha value is -2.21. The molecule has 0 N–H and O–H groups in total. The molecule has 1 heterocycles. The summed E-state index contributed by atoms with van der Waals surface area (Å²) in [5.41, 5.74) is 0.804. The molecule has 0 saturated carbocycles. The van der Waals surface area contributed by atoms with E-state index in [0.717, 1.165) is 12.0 Å². The van der Waals surface area contributed by atoms with Crippen LogP contribution < -0.4 is 14.2 Å². The van der Waals surface area contributed by atoms with Crippen LogP contribution in [0.4, 0.5) is 0 Å². The minimum Gasteiger partial charge on any atom is -0.493 e. The van der Waals surface area contributed by atoms with E-state index in [2.05, 4.69) is 6.92 Å². The highest BCUT2D eigenvalue weighted by Crippen LogP contribution is 2.38. The quantitative estimate of drug-likeness (QED) is 0.747. The first-order valence-electron chi connectivity index (χ1n) is 8.01. The minimum atomic E-state index is -0.0227. The molecule has 0 bridgehead atoms. The molecular formula is C18H25NO5. The van der Waals surface area contributed by atoms with Crippen LogP contribution in [0.25, 0.3) is 6.08 Å². The van der Waals surface area contributed by atoms with Crippen LogP contribution in [0.5, 0.6) is 17.2 Å². The molecular weight excluding hydrogens is 310 g/mol. The average molecular weight is 335 g/mol. The Kier molecular flexibility index (Phi) is 6.49. The Balaban J connectivity index is 2.14. The van der Waals surface area contributed by atoms with Crippen LogP contribution in [0.2, 0.25) is 0 Å². The lowest BCUT2D eigenvalue weighted by atomic mass is 10.1. The number of rotatable bonds is 6. The van der Waals surface area contributed by atoms with E-state index < -0.39 is 0 Å². The third-order valence-electron chi connectivity index (χ3n) is 4.01. The monoisotopic (exact) mass is 335 g/mol. The van der Waals surface area contributed by atoms with Crippen molar-refractivity contribution < 1.29 is 23.7 Å². The second kappa shape index (κ2) is 8.59. The zero-order valence-corrected chi connectivity index (χ0v) is 14.7. The van der Waals surface area contributed by atoms with Crippen molar-refractivity contribution in [3.05, 3.63) is 23.8 Å². The van der Waals surface area contributed by atoms with Gasteiger partial charge in [-0.25, -0.2) is 0 Å². The Morgan fingerprint density at radius 2 is 1.92 bits per heavy atom. The normalized spacial score (nSPS) is 17.8. The summed E-state index contributed by atoms with van der Waals surface area (Å²) in [6.07, 6.45) is 4.35. The first kappa shape index (κ1) is 18.1. The molecule has 0 aliphatic carbocycles. The van der Waals surface area contributed by atoms with Gasteiger partial charge in [-0.3, -0.25) is 4.79 Å². The van der Waals surface area contributed by atoms with Crippen molar-refractivity contribution in [1.29, 1.82) is 0 Å². The summed E-state index contributed by atoms with van der Waals surface area (Å²) in [4.78, 5) is 14.2. The van der Waals surface area contributed by atoms with Crippen LogP contribution in [-0.2, 0) is 9.53 Å². The molecule has 1 aliphatic rings. The van der Waals surface area contributed by atoms with Gasteiger partial charge < -0.3 is 23.8 Å². The molecule has 6 heteroatoms. The molecule has 1 aromatic carbocycles. The van der Waals surface area contributed by atoms with E-state index in [1.807, 2.05) is 4.90 Å². The van der Waals surface area contributed by atoms with Crippen LogP contribution in [0.1, 0.15) is 18.9 Å². The van der Waals surface area contributed by atoms with E-state index in [0.29, 0.717) is 36.9 Å². The van der Waals surface area contributed by atoms with Gasteiger partial charge >= 0.3 is 0 Å². The average Bonchev–Trinajstić information content (AvgIpc) is 2.64. The van der Waals surface area contributed by atoms with E-state index >= 15 is 0 Å². The van der Waals surface area contributed by atoms with Crippen molar-refractivity contribution in [3.8, 4) is 17.2 Å². The van der Waals surface area contributed by atoms with Gasteiger partial charge in [-0.2, -0.15) is 0 Å². The standard InChI is InChI=1S/C18H25NO5/c1-5-14-12-19(8-9-24-14)17(20)7-6-13-10-15(21-2)18(23-4)16(11-13)22-3/h6-7,10-11,14H,5,8-9,12H2,1-4H3. The Morgan fingerprint density at radius 3 is 2.46 bits per heavy atom. The van der Waals surface area contributed by atoms with Gasteiger partial charge in [0, 0.05) is 19.2 Å². The molecule has 132 valence electrons. The molecule has 24 heavy (non-hydrogen) atoms. The highest BCUT2D eigenvalue weighted by molar-refractivity contribution is 5.92. The van der Waals surface area contributed by atoms with Gasteiger partial charge in [0.2, 0.25) is 11.7 Å². The summed E-state index contributed by atoms with van der Waals surface area (Å²) in [5.74, 6) is 1.62. The summed E-state index contributed by atoms with van der Waals surface area (Å²) in [5, 5.41) is 0. The number of ether oxygens (including phenoxy) is 4. The summed E-state index contributed by atoms with van der Waals surface area (Å²) in [6.45, 7) is 3.90. The molecule has 6 nitrogen and oxygen atoms in total. The Bertz CT molecular complexity index is 574. The molecule has 1 atom stereocenters. The largest absolute Gasteiger partial charge is 0.493 e. The van der Waals surface area contributed by atoms with E-state index in [-0.39, 0.29) is 12.0 Å². The van der Waals surface area contributed by atoms with Gasteiger partial charge in [0.1, 0.15) is 0 Å². The number of amides is 1. The first-order valence-corrected chi connectivity index (χ1v) is 8.01. The summed E-state index contributed by atoms with van der Waals surface area (Å²) >= 11 is 0. The van der Waals surface area contributed by atoms with E-state index in [4.69, 9.17) is 18.9 Å². The maximum Gasteiger partial charge on any atom is 0.246 e. The fourth-order valence-corrected chi connectivity index (χ4v) is 2.64. The number of nitrogens with zero attached hydrogens (tertiary/aromatic N) is 1. The minimum absolute atomic E-state index is 0.0227. The second-order valence-electron chi connectivity index (χ2n) is 5.48. The molecule has 1 fully saturated rings. The molecule has 0 spiro atoms. The molecule has 1 aliphatic heterocycles. The third-order valence-corrected chi connectivity index (χ3v) is 4.01. The Labute approximate surface area is 142 Å². The van der Waals surface area contributed by atoms with Gasteiger partial charge in [0.25, 0.3) is 0 Å². The van der Waals surface area contributed by atoms with Crippen LogP contribution >= 0.6 is 0 Å². The van der Waals surface area contributed by atoms with E-state index in [1.165, 1.54) is 0 Å². The summed E-state index contributed by atoms with van der Waals surface area (Å²) in [6, 6.07) is 3.61. The predicted molar refractivity (Wildman–Crippen MR) is 91.7 cm³/mol.